The molecule has 302 valence electrons. The molecule has 2 saturated carbocycles. The summed E-state index contributed by atoms with van der Waals surface area (Å²) in [7, 11) is -4.38. The van der Waals surface area contributed by atoms with Crippen molar-refractivity contribution in [1.82, 2.24) is 0 Å². The fourth-order valence-corrected chi connectivity index (χ4v) is 15.8. The highest BCUT2D eigenvalue weighted by Gasteiger charge is 2.69. The van der Waals surface area contributed by atoms with E-state index in [1.165, 1.54) is 13.8 Å². The van der Waals surface area contributed by atoms with E-state index in [1.54, 1.807) is 24.3 Å². The monoisotopic (exact) mass is 784 g/mol. The number of hydrogen-bond donors (Lipinski definition) is 1. The molecule has 0 unspecified atom stereocenters. The first-order valence-electron chi connectivity index (χ1n) is 20.4. The largest absolute Gasteiger partial charge is 0.462 e. The van der Waals surface area contributed by atoms with Crippen LogP contribution in [0.25, 0.3) is 0 Å². The van der Waals surface area contributed by atoms with Crippen LogP contribution in [0.15, 0.2) is 53.6 Å². The van der Waals surface area contributed by atoms with Crippen LogP contribution in [0.1, 0.15) is 113 Å². The predicted molar refractivity (Wildman–Crippen MR) is 217 cm³/mol. The summed E-state index contributed by atoms with van der Waals surface area (Å²) in [6.45, 7) is 28.3. The van der Waals surface area contributed by atoms with Crippen molar-refractivity contribution < 1.29 is 42.6 Å². The highest BCUT2D eigenvalue weighted by Crippen LogP contribution is 2.66. The Morgan fingerprint density at radius 3 is 1.78 bits per heavy atom. The topological polar surface area (TPSA) is 118 Å². The molecule has 11 heteroatoms. The van der Waals surface area contributed by atoms with Gasteiger partial charge in [-0.15, -0.1) is 0 Å². The number of ether oxygens (including phenoxy) is 3. The Morgan fingerprint density at radius 2 is 1.31 bits per heavy atom. The third kappa shape index (κ3) is 7.99. The van der Waals surface area contributed by atoms with Crippen LogP contribution < -0.4 is 0 Å². The van der Waals surface area contributed by atoms with Crippen LogP contribution in [0.3, 0.4) is 0 Å². The van der Waals surface area contributed by atoms with Crippen LogP contribution in [0, 0.1) is 16.7 Å². The highest BCUT2D eigenvalue weighted by molar-refractivity contribution is 6.74. The summed E-state index contributed by atoms with van der Waals surface area (Å²) in [4.78, 5) is 40.6. The van der Waals surface area contributed by atoms with Crippen molar-refractivity contribution in [3.05, 3.63) is 59.2 Å². The van der Waals surface area contributed by atoms with Gasteiger partial charge in [-0.1, -0.05) is 73.2 Å². The van der Waals surface area contributed by atoms with Gasteiger partial charge >= 0.3 is 17.9 Å². The molecule has 0 saturated heterocycles. The van der Waals surface area contributed by atoms with Gasteiger partial charge in [-0.3, -0.25) is 9.59 Å². The van der Waals surface area contributed by atoms with Crippen molar-refractivity contribution in [1.29, 1.82) is 0 Å². The summed E-state index contributed by atoms with van der Waals surface area (Å²) >= 11 is 0. The van der Waals surface area contributed by atoms with Crippen molar-refractivity contribution in [2.75, 3.05) is 0 Å². The van der Waals surface area contributed by atoms with Crippen LogP contribution in [0.2, 0.25) is 36.3 Å². The van der Waals surface area contributed by atoms with Gasteiger partial charge < -0.3 is 28.2 Å². The Kier molecular flexibility index (Phi) is 13.8. The number of aliphatic hydroxyl groups is 1. The van der Waals surface area contributed by atoms with Gasteiger partial charge in [-0.05, 0) is 105 Å². The molecule has 1 aromatic rings. The number of carbonyl (C=O) groups excluding carboxylic acids is 3. The Labute approximate surface area is 326 Å². The van der Waals surface area contributed by atoms with Gasteiger partial charge in [0.2, 0.25) is 0 Å². The lowest BCUT2D eigenvalue weighted by Crippen LogP contribution is -2.61. The molecular formula is C43H68O9Si2. The Morgan fingerprint density at radius 1 is 0.815 bits per heavy atom. The van der Waals surface area contributed by atoms with Crippen molar-refractivity contribution in [2.24, 2.45) is 16.7 Å². The van der Waals surface area contributed by atoms with E-state index in [1.807, 2.05) is 33.8 Å². The molecule has 3 aliphatic rings. The van der Waals surface area contributed by atoms with Crippen molar-refractivity contribution in [2.45, 2.75) is 175 Å². The summed E-state index contributed by atoms with van der Waals surface area (Å²) < 4.78 is 33.9. The molecule has 8 atom stereocenters. The maximum absolute atomic E-state index is 14.3. The Bertz CT molecular complexity index is 1540. The van der Waals surface area contributed by atoms with Gasteiger partial charge in [0, 0.05) is 25.7 Å². The first-order valence-corrected chi connectivity index (χ1v) is 25.4. The van der Waals surface area contributed by atoms with E-state index in [0.717, 1.165) is 47.4 Å². The lowest BCUT2D eigenvalue weighted by atomic mass is 9.56. The van der Waals surface area contributed by atoms with E-state index < -0.39 is 81.3 Å². The lowest BCUT2D eigenvalue weighted by Gasteiger charge is -2.54. The van der Waals surface area contributed by atoms with Crippen molar-refractivity contribution in [3.63, 3.8) is 0 Å². The SMILES string of the molecule is C=C1[C@@H](O[Si](CC)(CC)CC)C[C@H](OC(C)=O)[C@]2(C)[C@@H]1C[C@]1(C(C)(C)O)C[C@H](O[Si](CC)(CC)CC)C(C)=C1[C@@H](OC(=O)c1ccccc1)[C@@H]2OC(C)=O. The molecule has 1 N–H and O–H groups in total. The van der Waals surface area contributed by atoms with E-state index in [0.29, 0.717) is 30.4 Å². The van der Waals surface area contributed by atoms with Gasteiger partial charge in [-0.25, -0.2) is 4.79 Å². The fraction of sp³-hybridized carbons (Fsp3) is 0.698. The van der Waals surface area contributed by atoms with Crippen LogP contribution in [0.4, 0.5) is 0 Å². The van der Waals surface area contributed by atoms with E-state index in [9.17, 15) is 19.5 Å². The summed E-state index contributed by atoms with van der Waals surface area (Å²) in [5.41, 5.74) is -0.749. The molecule has 0 aliphatic heterocycles. The van der Waals surface area contributed by atoms with E-state index >= 15 is 0 Å². The molecule has 54 heavy (non-hydrogen) atoms. The van der Waals surface area contributed by atoms with Gasteiger partial charge in [0.1, 0.15) is 6.10 Å². The molecule has 3 aliphatic carbocycles. The molecule has 1 aromatic carbocycles. The van der Waals surface area contributed by atoms with Crippen molar-refractivity contribution >= 4 is 34.5 Å². The van der Waals surface area contributed by atoms with Gasteiger partial charge in [0.25, 0.3) is 0 Å². The minimum absolute atomic E-state index is 0.314. The van der Waals surface area contributed by atoms with Crippen LogP contribution in [-0.2, 0) is 32.7 Å². The second-order valence-electron chi connectivity index (χ2n) is 16.9. The molecule has 9 nitrogen and oxygen atoms in total. The van der Waals surface area contributed by atoms with Gasteiger partial charge in [0.15, 0.2) is 28.8 Å². The normalized spacial score (nSPS) is 30.3. The zero-order chi connectivity index (χ0) is 40.4. The summed E-state index contributed by atoms with van der Waals surface area (Å²) in [5, 5.41) is 12.6. The quantitative estimate of drug-likeness (QED) is 0.0804. The maximum Gasteiger partial charge on any atom is 0.338 e. The smallest absolute Gasteiger partial charge is 0.338 e. The average Bonchev–Trinajstić information content (AvgIpc) is 3.37. The molecule has 0 aromatic heterocycles. The molecule has 4 rings (SSSR count). The molecule has 0 amide bonds. The summed E-state index contributed by atoms with van der Waals surface area (Å²) in [5.74, 6) is -2.10. The number of fused-ring (bicyclic) bond motifs is 2. The van der Waals surface area contributed by atoms with Crippen molar-refractivity contribution in [3.8, 4) is 0 Å². The standard InChI is InChI=1S/C43H68O9Si2/c1-14-53(15-2,16-3)51-34-25-36(48-30(9)44)42(13)33(28(34)7)26-43(41(11,12)47)27-35(52-54(17-4,18-5)19-6)29(8)37(43)38(39(42)49-31(10)45)50-40(46)32-23-21-20-22-24-32/h20-24,33-36,38-39,47H,7,14-19,25-27H2,1-6,8-13H3/t33-,34+,35+,36+,38-,39+,42+,43+/m1/s1. The molecule has 0 heterocycles. The van der Waals surface area contributed by atoms with Gasteiger partial charge in [-0.2, -0.15) is 0 Å². The molecule has 2 fully saturated rings. The Hall–Kier alpha value is -2.58. The summed E-state index contributed by atoms with van der Waals surface area (Å²) in [6.07, 6.45) is -2.71. The predicted octanol–water partition coefficient (Wildman–Crippen LogP) is 9.32. The molecule has 0 spiro atoms. The second-order valence-corrected chi connectivity index (χ2v) is 26.3. The maximum atomic E-state index is 14.3. The molecule has 0 radical (unpaired) electrons. The summed E-state index contributed by atoms with van der Waals surface area (Å²) in [6, 6.07) is 14.3. The van der Waals surface area contributed by atoms with Crippen LogP contribution >= 0.6 is 0 Å². The minimum atomic E-state index is -2.20. The zero-order valence-corrected chi connectivity index (χ0v) is 37.1. The first-order chi connectivity index (χ1) is 25.3. The van der Waals surface area contributed by atoms with Gasteiger partial charge in [0.05, 0.1) is 28.8 Å². The third-order valence-corrected chi connectivity index (χ3v) is 23.4. The number of benzene rings is 1. The third-order valence-electron chi connectivity index (χ3n) is 14.1. The van der Waals surface area contributed by atoms with Crippen LogP contribution in [-0.4, -0.2) is 75.8 Å². The number of carbonyl (C=O) groups is 3. The van der Waals surface area contributed by atoms with E-state index in [-0.39, 0.29) is 6.10 Å². The fourth-order valence-electron chi connectivity index (χ4n) is 10.1. The zero-order valence-electron chi connectivity index (χ0n) is 35.1. The Balaban J connectivity index is 2.09. The van der Waals surface area contributed by atoms with E-state index in [4.69, 9.17) is 29.6 Å². The lowest BCUT2D eigenvalue weighted by molar-refractivity contribution is -0.195. The molecule has 0 bridgehead atoms. The average molecular weight is 785 g/mol. The number of esters is 3. The molecular weight excluding hydrogens is 717 g/mol. The minimum Gasteiger partial charge on any atom is -0.462 e. The van der Waals surface area contributed by atoms with E-state index in [2.05, 4.69) is 41.5 Å². The number of rotatable bonds is 15. The highest BCUT2D eigenvalue weighted by atomic mass is 28.4. The number of hydrogen-bond acceptors (Lipinski definition) is 9. The second kappa shape index (κ2) is 16.9. The van der Waals surface area contributed by atoms with Crippen LogP contribution in [0.5, 0.6) is 0 Å². The first kappa shape index (κ1) is 44.1.